The third-order valence-corrected chi connectivity index (χ3v) is 4.62. The molecule has 1 aliphatic heterocycles. The van der Waals surface area contributed by atoms with Crippen molar-refractivity contribution in [2.45, 2.75) is 57.5 Å². The molecule has 0 spiro atoms. The Morgan fingerprint density at radius 3 is 2.76 bits per heavy atom. The highest BCUT2D eigenvalue weighted by atomic mass is 16.3. The summed E-state index contributed by atoms with van der Waals surface area (Å²) in [7, 11) is 0. The molecule has 0 radical (unpaired) electrons. The van der Waals surface area contributed by atoms with Crippen molar-refractivity contribution >= 4 is 5.91 Å². The van der Waals surface area contributed by atoms with Gasteiger partial charge in [-0.25, -0.2) is 0 Å². The maximum absolute atomic E-state index is 12.6. The minimum Gasteiger partial charge on any atom is -0.394 e. The molecule has 1 heterocycles. The minimum absolute atomic E-state index is 0.0147. The van der Waals surface area contributed by atoms with Gasteiger partial charge in [0.05, 0.1) is 18.1 Å². The number of nitrogens with two attached hydrogens (primary N) is 1. The summed E-state index contributed by atoms with van der Waals surface area (Å²) in [4.78, 5) is 14.5. The van der Waals surface area contributed by atoms with Gasteiger partial charge in [0.2, 0.25) is 5.91 Å². The largest absolute Gasteiger partial charge is 0.394 e. The summed E-state index contributed by atoms with van der Waals surface area (Å²) in [5, 5.41) is 9.38. The van der Waals surface area contributed by atoms with E-state index >= 15 is 0 Å². The van der Waals surface area contributed by atoms with E-state index in [-0.39, 0.29) is 24.6 Å². The number of likely N-dealkylation sites (tertiary alicyclic amines) is 1. The molecule has 1 saturated heterocycles. The van der Waals surface area contributed by atoms with Crippen LogP contribution in [0.15, 0.2) is 0 Å². The highest BCUT2D eigenvalue weighted by Crippen LogP contribution is 2.39. The van der Waals surface area contributed by atoms with Gasteiger partial charge in [0, 0.05) is 12.6 Å². The first-order valence-electron chi connectivity index (χ1n) is 6.77. The van der Waals surface area contributed by atoms with Gasteiger partial charge in [-0.15, -0.1) is 0 Å². The Labute approximate surface area is 103 Å². The predicted octanol–water partition coefficient (Wildman–Crippen LogP) is 0.877. The van der Waals surface area contributed by atoms with Crippen LogP contribution in [0.4, 0.5) is 0 Å². The van der Waals surface area contributed by atoms with Crippen LogP contribution in [0.25, 0.3) is 0 Å². The normalized spacial score (nSPS) is 38.4. The van der Waals surface area contributed by atoms with Crippen LogP contribution in [0.3, 0.4) is 0 Å². The molecular weight excluding hydrogens is 216 g/mol. The lowest BCUT2D eigenvalue weighted by atomic mass is 9.82. The Kier molecular flexibility index (Phi) is 3.73. The van der Waals surface area contributed by atoms with Crippen molar-refractivity contribution in [3.8, 4) is 0 Å². The Balaban J connectivity index is 2.12. The number of hydrogen-bond acceptors (Lipinski definition) is 3. The molecule has 2 aliphatic rings. The van der Waals surface area contributed by atoms with E-state index in [1.165, 1.54) is 0 Å². The van der Waals surface area contributed by atoms with Crippen molar-refractivity contribution in [1.29, 1.82) is 0 Å². The molecule has 1 saturated carbocycles. The van der Waals surface area contributed by atoms with E-state index < -0.39 is 5.41 Å². The summed E-state index contributed by atoms with van der Waals surface area (Å²) in [5.74, 6) is 0.168. The van der Waals surface area contributed by atoms with Crippen molar-refractivity contribution < 1.29 is 9.90 Å². The van der Waals surface area contributed by atoms with Crippen LogP contribution < -0.4 is 5.73 Å². The Hall–Kier alpha value is -0.610. The quantitative estimate of drug-likeness (QED) is 0.753. The third kappa shape index (κ3) is 2.20. The number of amides is 1. The number of piperidine rings is 1. The van der Waals surface area contributed by atoms with Crippen LogP contribution in [-0.4, -0.2) is 41.1 Å². The number of rotatable bonds is 2. The Morgan fingerprint density at radius 2 is 2.18 bits per heavy atom. The zero-order valence-corrected chi connectivity index (χ0v) is 10.7. The average Bonchev–Trinajstić information content (AvgIpc) is 2.70. The molecule has 1 amide bonds. The van der Waals surface area contributed by atoms with Crippen LogP contribution in [0.2, 0.25) is 0 Å². The molecule has 3 unspecified atom stereocenters. The summed E-state index contributed by atoms with van der Waals surface area (Å²) in [6.45, 7) is 2.86. The summed E-state index contributed by atoms with van der Waals surface area (Å²) in [5.41, 5.74) is 5.70. The molecule has 4 nitrogen and oxygen atoms in total. The molecule has 17 heavy (non-hydrogen) atoms. The van der Waals surface area contributed by atoms with E-state index in [4.69, 9.17) is 5.73 Å². The van der Waals surface area contributed by atoms with Crippen LogP contribution in [-0.2, 0) is 4.79 Å². The summed E-state index contributed by atoms with van der Waals surface area (Å²) in [6.07, 6.45) is 5.96. The first-order chi connectivity index (χ1) is 8.09. The van der Waals surface area contributed by atoms with Crippen molar-refractivity contribution in [2.75, 3.05) is 13.2 Å². The number of nitrogens with zero attached hydrogens (tertiary/aromatic N) is 1. The van der Waals surface area contributed by atoms with E-state index in [2.05, 4.69) is 0 Å². The molecule has 98 valence electrons. The van der Waals surface area contributed by atoms with E-state index in [0.29, 0.717) is 0 Å². The standard InChI is InChI=1S/C13H24N2O2/c1-13(7-4-6-11(13)14)12(17)15-8-3-2-5-10(15)9-16/h10-11,16H,2-9,14H2,1H3. The smallest absolute Gasteiger partial charge is 0.230 e. The van der Waals surface area contributed by atoms with Crippen molar-refractivity contribution in [2.24, 2.45) is 11.1 Å². The second-order valence-corrected chi connectivity index (χ2v) is 5.75. The van der Waals surface area contributed by atoms with Gasteiger partial charge >= 0.3 is 0 Å². The van der Waals surface area contributed by atoms with Crippen molar-refractivity contribution in [3.05, 3.63) is 0 Å². The fraction of sp³-hybridized carbons (Fsp3) is 0.923. The average molecular weight is 240 g/mol. The second kappa shape index (κ2) is 4.94. The number of carbonyl (C=O) groups excluding carboxylic acids is 1. The zero-order chi connectivity index (χ0) is 12.5. The molecule has 3 N–H and O–H groups in total. The molecule has 2 fully saturated rings. The lowest BCUT2D eigenvalue weighted by Crippen LogP contribution is -2.54. The van der Waals surface area contributed by atoms with Gasteiger partial charge in [-0.3, -0.25) is 4.79 Å². The summed E-state index contributed by atoms with van der Waals surface area (Å²) < 4.78 is 0. The van der Waals surface area contributed by atoms with Crippen LogP contribution in [0.1, 0.15) is 45.4 Å². The molecular formula is C13H24N2O2. The lowest BCUT2D eigenvalue weighted by Gasteiger charge is -2.41. The molecule has 0 aromatic heterocycles. The fourth-order valence-electron chi connectivity index (χ4n) is 3.24. The van der Waals surface area contributed by atoms with Gasteiger partial charge in [-0.1, -0.05) is 6.42 Å². The Bertz CT molecular complexity index is 295. The van der Waals surface area contributed by atoms with Gasteiger partial charge in [0.15, 0.2) is 0 Å². The van der Waals surface area contributed by atoms with Gasteiger partial charge in [-0.05, 0) is 39.0 Å². The molecule has 0 aromatic rings. The predicted molar refractivity (Wildman–Crippen MR) is 66.4 cm³/mol. The maximum atomic E-state index is 12.6. The monoisotopic (exact) mass is 240 g/mol. The van der Waals surface area contributed by atoms with Gasteiger partial charge < -0.3 is 15.7 Å². The number of aliphatic hydroxyl groups excluding tert-OH is 1. The molecule has 0 bridgehead atoms. The molecule has 1 aliphatic carbocycles. The first kappa shape index (κ1) is 12.8. The number of hydrogen-bond donors (Lipinski definition) is 2. The topological polar surface area (TPSA) is 66.6 Å². The summed E-state index contributed by atoms with van der Waals surface area (Å²) >= 11 is 0. The molecule has 4 heteroatoms. The Morgan fingerprint density at radius 1 is 1.41 bits per heavy atom. The third-order valence-electron chi connectivity index (χ3n) is 4.62. The molecule has 0 aromatic carbocycles. The van der Waals surface area contributed by atoms with E-state index in [1.54, 1.807) is 0 Å². The highest BCUT2D eigenvalue weighted by molar-refractivity contribution is 5.84. The first-order valence-corrected chi connectivity index (χ1v) is 6.77. The SMILES string of the molecule is CC1(C(=O)N2CCCCC2CO)CCCC1N. The highest BCUT2D eigenvalue weighted by Gasteiger charge is 2.46. The minimum atomic E-state index is -0.398. The van der Waals surface area contributed by atoms with Crippen LogP contribution >= 0.6 is 0 Å². The van der Waals surface area contributed by atoms with Crippen molar-refractivity contribution in [3.63, 3.8) is 0 Å². The van der Waals surface area contributed by atoms with E-state index in [1.807, 2.05) is 11.8 Å². The number of aliphatic hydroxyl groups is 1. The molecule has 2 rings (SSSR count). The zero-order valence-electron chi connectivity index (χ0n) is 10.7. The molecule has 3 atom stereocenters. The second-order valence-electron chi connectivity index (χ2n) is 5.75. The van der Waals surface area contributed by atoms with Crippen molar-refractivity contribution in [1.82, 2.24) is 4.90 Å². The maximum Gasteiger partial charge on any atom is 0.230 e. The van der Waals surface area contributed by atoms with Gasteiger partial charge in [0.1, 0.15) is 0 Å². The summed E-state index contributed by atoms with van der Waals surface area (Å²) in [6, 6.07) is -0.00264. The van der Waals surface area contributed by atoms with Gasteiger partial charge in [-0.2, -0.15) is 0 Å². The van der Waals surface area contributed by atoms with Crippen LogP contribution in [0.5, 0.6) is 0 Å². The van der Waals surface area contributed by atoms with Gasteiger partial charge in [0.25, 0.3) is 0 Å². The van der Waals surface area contributed by atoms with E-state index in [0.717, 1.165) is 45.1 Å². The lowest BCUT2D eigenvalue weighted by molar-refractivity contribution is -0.146. The fourth-order valence-corrected chi connectivity index (χ4v) is 3.24. The number of carbonyl (C=O) groups is 1. The van der Waals surface area contributed by atoms with Crippen LogP contribution in [0, 0.1) is 5.41 Å². The van der Waals surface area contributed by atoms with E-state index in [9.17, 15) is 9.90 Å².